The van der Waals surface area contributed by atoms with Crippen molar-refractivity contribution in [3.8, 4) is 11.3 Å². The van der Waals surface area contributed by atoms with Crippen LogP contribution in [0.15, 0.2) is 42.5 Å². The molecule has 0 radical (unpaired) electrons. The lowest BCUT2D eigenvalue weighted by Crippen LogP contribution is -2.24. The molecule has 0 fully saturated rings. The lowest BCUT2D eigenvalue weighted by atomic mass is 10.1. The van der Waals surface area contributed by atoms with E-state index in [1.807, 2.05) is 31.2 Å². The van der Waals surface area contributed by atoms with Gasteiger partial charge in [-0.2, -0.15) is 0 Å². The Kier molecular flexibility index (Phi) is 5.27. The van der Waals surface area contributed by atoms with Crippen LogP contribution in [0.5, 0.6) is 0 Å². The molecule has 1 heterocycles. The lowest BCUT2D eigenvalue weighted by molar-refractivity contribution is -0.304. The monoisotopic (exact) mass is 391 g/mol. The minimum absolute atomic E-state index is 0.196. The first-order valence-corrected chi connectivity index (χ1v) is 8.97. The minimum Gasteiger partial charge on any atom is -0.550 e. The van der Waals surface area contributed by atoms with Gasteiger partial charge in [-0.05, 0) is 25.1 Å². The van der Waals surface area contributed by atoms with E-state index in [0.29, 0.717) is 31.4 Å². The molecule has 0 amide bonds. The van der Waals surface area contributed by atoms with E-state index >= 15 is 0 Å². The molecule has 0 spiro atoms. The average molecular weight is 392 g/mol. The highest BCUT2D eigenvalue weighted by molar-refractivity contribution is 7.16. The number of carboxylic acids is 1. The predicted molar refractivity (Wildman–Crippen MR) is 101 cm³/mol. The number of aromatic nitrogens is 1. The lowest BCUT2D eigenvalue weighted by Gasteiger charge is -2.04. The number of halogens is 2. The maximum atomic E-state index is 11.1. The van der Waals surface area contributed by atoms with Gasteiger partial charge in [0.1, 0.15) is 0 Å². The Morgan fingerprint density at radius 2 is 1.80 bits per heavy atom. The van der Waals surface area contributed by atoms with Gasteiger partial charge in [-0.15, -0.1) is 11.3 Å². The summed E-state index contributed by atoms with van der Waals surface area (Å²) in [6, 6.07) is 12.8. The number of nitrogens with one attached hydrogen (secondary N) is 1. The van der Waals surface area contributed by atoms with E-state index in [4.69, 9.17) is 23.2 Å². The summed E-state index contributed by atoms with van der Waals surface area (Å²) < 4.78 is 0. The molecule has 0 aliphatic carbocycles. The molecule has 3 rings (SSSR count). The molecule has 0 atom stereocenters. The summed E-state index contributed by atoms with van der Waals surface area (Å²) in [6.45, 7) is 1.99. The zero-order valence-corrected chi connectivity index (χ0v) is 15.5. The summed E-state index contributed by atoms with van der Waals surface area (Å²) in [4.78, 5) is 16.2. The smallest absolute Gasteiger partial charge is 0.187 e. The van der Waals surface area contributed by atoms with Crippen LogP contribution >= 0.6 is 34.5 Å². The van der Waals surface area contributed by atoms with Gasteiger partial charge in [-0.1, -0.05) is 53.0 Å². The second-order valence-electron chi connectivity index (χ2n) is 5.49. The van der Waals surface area contributed by atoms with Crippen LogP contribution in [0.3, 0.4) is 0 Å². The summed E-state index contributed by atoms with van der Waals surface area (Å²) in [7, 11) is 0. The number of aryl methyl sites for hydroxylation is 1. The number of carboxylic acid groups (broad SMARTS) is 1. The van der Waals surface area contributed by atoms with Gasteiger partial charge in [0.25, 0.3) is 0 Å². The second kappa shape index (κ2) is 7.44. The Balaban J connectivity index is 1.97. The third-order valence-corrected chi connectivity index (χ3v) is 4.85. The molecule has 2 aromatic carbocycles. The number of benzene rings is 2. The Hall–Kier alpha value is -2.08. The molecular formula is C18H13Cl2N2O2S-. The number of rotatable bonds is 5. The van der Waals surface area contributed by atoms with Crippen molar-refractivity contribution in [1.29, 1.82) is 0 Å². The number of thiazole rings is 1. The summed E-state index contributed by atoms with van der Waals surface area (Å²) in [5.74, 6) is -1.14. The van der Waals surface area contributed by atoms with Crippen LogP contribution in [-0.4, -0.2) is 11.0 Å². The molecular weight excluding hydrogens is 379 g/mol. The zero-order chi connectivity index (χ0) is 18.0. The van der Waals surface area contributed by atoms with Crippen molar-refractivity contribution in [3.63, 3.8) is 0 Å². The van der Waals surface area contributed by atoms with Crippen molar-refractivity contribution in [2.45, 2.75) is 13.3 Å². The van der Waals surface area contributed by atoms with Crippen LogP contribution in [0, 0.1) is 6.92 Å². The van der Waals surface area contributed by atoms with Crippen LogP contribution in [0.2, 0.25) is 10.0 Å². The third-order valence-electron chi connectivity index (χ3n) is 3.44. The highest BCUT2D eigenvalue weighted by Gasteiger charge is 2.14. The largest absolute Gasteiger partial charge is 0.550 e. The van der Waals surface area contributed by atoms with Gasteiger partial charge in [-0.25, -0.2) is 4.98 Å². The van der Waals surface area contributed by atoms with E-state index in [2.05, 4.69) is 10.3 Å². The van der Waals surface area contributed by atoms with Crippen molar-refractivity contribution < 1.29 is 9.90 Å². The Labute approximate surface area is 159 Å². The maximum absolute atomic E-state index is 11.1. The number of hydrogen-bond acceptors (Lipinski definition) is 5. The minimum atomic E-state index is -1.14. The zero-order valence-electron chi connectivity index (χ0n) is 13.2. The van der Waals surface area contributed by atoms with E-state index in [1.165, 1.54) is 11.3 Å². The molecule has 3 aromatic rings. The molecule has 0 bridgehead atoms. The second-order valence-corrected chi connectivity index (χ2v) is 7.45. The third kappa shape index (κ3) is 4.51. The summed E-state index contributed by atoms with van der Waals surface area (Å²) in [5.41, 5.74) is 3.29. The van der Waals surface area contributed by atoms with E-state index < -0.39 is 5.97 Å². The van der Waals surface area contributed by atoms with Crippen molar-refractivity contribution in [2.24, 2.45) is 0 Å². The van der Waals surface area contributed by atoms with E-state index in [1.54, 1.807) is 18.2 Å². The van der Waals surface area contributed by atoms with E-state index in [-0.39, 0.29) is 6.42 Å². The molecule has 1 aromatic heterocycles. The van der Waals surface area contributed by atoms with Gasteiger partial charge in [-0.3, -0.25) is 0 Å². The van der Waals surface area contributed by atoms with Crippen molar-refractivity contribution >= 4 is 51.3 Å². The quantitative estimate of drug-likeness (QED) is 0.696. The van der Waals surface area contributed by atoms with Crippen LogP contribution in [0.4, 0.5) is 10.8 Å². The average Bonchev–Trinajstić information content (AvgIpc) is 2.88. The van der Waals surface area contributed by atoms with Crippen LogP contribution in [-0.2, 0) is 11.2 Å². The van der Waals surface area contributed by atoms with E-state index in [9.17, 15) is 9.90 Å². The fraction of sp³-hybridized carbons (Fsp3) is 0.111. The number of hydrogen-bond donors (Lipinski definition) is 1. The number of carbonyl (C=O) groups excluding carboxylic acids is 1. The number of aliphatic carboxylic acids is 1. The highest BCUT2D eigenvalue weighted by Crippen LogP contribution is 2.34. The molecule has 7 heteroatoms. The summed E-state index contributed by atoms with van der Waals surface area (Å²) >= 11 is 13.3. The van der Waals surface area contributed by atoms with Gasteiger partial charge in [0.2, 0.25) is 0 Å². The maximum Gasteiger partial charge on any atom is 0.187 e. The first-order chi connectivity index (χ1) is 11.9. The van der Waals surface area contributed by atoms with Crippen LogP contribution in [0.25, 0.3) is 11.3 Å². The van der Waals surface area contributed by atoms with Crippen LogP contribution < -0.4 is 10.4 Å². The standard InChI is InChI=1S/C18H14Cl2N2O2S/c1-10-2-4-11(5-3-10)17-15(9-16(23)24)25-18(22-17)21-14-7-12(19)6-13(20)8-14/h2-8H,9H2,1H3,(H,21,22)(H,23,24)/p-1. The molecule has 0 aliphatic heterocycles. The molecule has 0 saturated heterocycles. The van der Waals surface area contributed by atoms with Crippen molar-refractivity contribution in [1.82, 2.24) is 4.98 Å². The first-order valence-electron chi connectivity index (χ1n) is 7.40. The fourth-order valence-corrected chi connectivity index (χ4v) is 3.86. The summed E-state index contributed by atoms with van der Waals surface area (Å²) in [6.07, 6.45) is -0.196. The van der Waals surface area contributed by atoms with Gasteiger partial charge in [0.05, 0.1) is 5.69 Å². The van der Waals surface area contributed by atoms with Crippen molar-refractivity contribution in [3.05, 3.63) is 63.0 Å². The molecule has 0 saturated carbocycles. The Bertz CT molecular complexity index is 903. The SMILES string of the molecule is Cc1ccc(-c2nc(Nc3cc(Cl)cc(Cl)c3)sc2CC(=O)[O-])cc1. The topological polar surface area (TPSA) is 65.0 Å². The van der Waals surface area contributed by atoms with Crippen LogP contribution in [0.1, 0.15) is 10.4 Å². The molecule has 1 N–H and O–H groups in total. The van der Waals surface area contributed by atoms with Gasteiger partial charge < -0.3 is 15.2 Å². The predicted octanol–water partition coefficient (Wildman–Crippen LogP) is 4.46. The fourth-order valence-electron chi connectivity index (χ4n) is 2.34. The van der Waals surface area contributed by atoms with Gasteiger partial charge in [0.15, 0.2) is 5.13 Å². The number of anilines is 2. The van der Waals surface area contributed by atoms with Crippen molar-refractivity contribution in [2.75, 3.05) is 5.32 Å². The molecule has 4 nitrogen and oxygen atoms in total. The van der Waals surface area contributed by atoms with E-state index in [0.717, 1.165) is 11.1 Å². The highest BCUT2D eigenvalue weighted by atomic mass is 35.5. The first kappa shape index (κ1) is 17.7. The molecule has 0 aliphatic rings. The molecule has 0 unspecified atom stereocenters. The number of carbonyl (C=O) groups is 1. The molecule has 25 heavy (non-hydrogen) atoms. The summed E-state index contributed by atoms with van der Waals surface area (Å²) in [5, 5.41) is 15.8. The van der Waals surface area contributed by atoms with Gasteiger partial charge >= 0.3 is 0 Å². The molecule has 128 valence electrons. The van der Waals surface area contributed by atoms with Gasteiger partial charge in [0, 0.05) is 38.6 Å². The Morgan fingerprint density at radius 1 is 1.16 bits per heavy atom. The normalized spacial score (nSPS) is 10.7. The Morgan fingerprint density at radius 3 is 2.40 bits per heavy atom. The number of nitrogens with zero attached hydrogens (tertiary/aromatic N) is 1.